The van der Waals surface area contributed by atoms with Crippen LogP contribution in [0.5, 0.6) is 0 Å². The number of hydrogen-bond acceptors (Lipinski definition) is 3. The van der Waals surface area contributed by atoms with Crippen LogP contribution in [0.1, 0.15) is 5.56 Å². The maximum atomic E-state index is 11.1. The predicted octanol–water partition coefficient (Wildman–Crippen LogP) is 1.14. The van der Waals surface area contributed by atoms with Gasteiger partial charge in [-0.2, -0.15) is 0 Å². The number of H-pyrrole nitrogens is 1. The standard InChI is InChI=1S/C10H9N3O/c1-7-5-11-3-2-8(7)9-4-10(14)13-6-12-9/h2-6H,1H3,(H,12,13,14). The van der Waals surface area contributed by atoms with Gasteiger partial charge in [-0.15, -0.1) is 0 Å². The zero-order valence-electron chi connectivity index (χ0n) is 7.69. The molecule has 2 rings (SSSR count). The second-order valence-electron chi connectivity index (χ2n) is 2.99. The number of aryl methyl sites for hydroxylation is 1. The van der Waals surface area contributed by atoms with Crippen LogP contribution in [-0.2, 0) is 0 Å². The van der Waals surface area contributed by atoms with Gasteiger partial charge in [0.05, 0.1) is 12.0 Å². The Balaban J connectivity index is 2.61. The summed E-state index contributed by atoms with van der Waals surface area (Å²) in [7, 11) is 0. The Labute approximate surface area is 80.7 Å². The molecule has 0 spiro atoms. The van der Waals surface area contributed by atoms with Crippen molar-refractivity contribution in [2.75, 3.05) is 0 Å². The summed E-state index contributed by atoms with van der Waals surface area (Å²) < 4.78 is 0. The molecule has 0 saturated heterocycles. The molecule has 2 aromatic heterocycles. The van der Waals surface area contributed by atoms with E-state index in [-0.39, 0.29) is 5.56 Å². The average molecular weight is 187 g/mol. The minimum absolute atomic E-state index is 0.147. The summed E-state index contributed by atoms with van der Waals surface area (Å²) >= 11 is 0. The van der Waals surface area contributed by atoms with Crippen LogP contribution < -0.4 is 5.56 Å². The van der Waals surface area contributed by atoms with E-state index >= 15 is 0 Å². The molecule has 0 saturated carbocycles. The summed E-state index contributed by atoms with van der Waals surface area (Å²) in [6.07, 6.45) is 4.83. The second kappa shape index (κ2) is 3.41. The number of rotatable bonds is 1. The summed E-state index contributed by atoms with van der Waals surface area (Å²) in [6, 6.07) is 3.32. The monoisotopic (exact) mass is 187 g/mol. The van der Waals surface area contributed by atoms with Crippen molar-refractivity contribution in [3.8, 4) is 11.3 Å². The van der Waals surface area contributed by atoms with Crippen LogP contribution in [0.4, 0.5) is 0 Å². The molecule has 0 aliphatic heterocycles. The van der Waals surface area contributed by atoms with E-state index in [4.69, 9.17) is 0 Å². The van der Waals surface area contributed by atoms with Gasteiger partial charge in [0.25, 0.3) is 5.56 Å². The number of aromatic amines is 1. The van der Waals surface area contributed by atoms with Crippen molar-refractivity contribution < 1.29 is 0 Å². The van der Waals surface area contributed by atoms with E-state index in [1.54, 1.807) is 12.4 Å². The predicted molar refractivity (Wildman–Crippen MR) is 52.8 cm³/mol. The van der Waals surface area contributed by atoms with Crippen LogP contribution in [0, 0.1) is 6.92 Å². The van der Waals surface area contributed by atoms with Gasteiger partial charge < -0.3 is 4.98 Å². The molecule has 14 heavy (non-hydrogen) atoms. The molecular formula is C10H9N3O. The Morgan fingerprint density at radius 2 is 2.29 bits per heavy atom. The molecule has 0 aromatic carbocycles. The van der Waals surface area contributed by atoms with Crippen LogP contribution in [-0.4, -0.2) is 15.0 Å². The third-order valence-electron chi connectivity index (χ3n) is 1.97. The van der Waals surface area contributed by atoms with E-state index < -0.39 is 0 Å². The highest BCUT2D eigenvalue weighted by atomic mass is 16.1. The largest absolute Gasteiger partial charge is 0.313 e. The summed E-state index contributed by atoms with van der Waals surface area (Å²) in [4.78, 5) is 21.6. The van der Waals surface area contributed by atoms with E-state index in [1.807, 2.05) is 13.0 Å². The quantitative estimate of drug-likeness (QED) is 0.728. The van der Waals surface area contributed by atoms with Gasteiger partial charge in [0.2, 0.25) is 0 Å². The zero-order chi connectivity index (χ0) is 9.97. The van der Waals surface area contributed by atoms with E-state index in [0.29, 0.717) is 5.69 Å². The molecule has 0 amide bonds. The molecule has 70 valence electrons. The summed E-state index contributed by atoms with van der Waals surface area (Å²) in [5.41, 5.74) is 2.47. The topological polar surface area (TPSA) is 58.6 Å². The summed E-state index contributed by atoms with van der Waals surface area (Å²) in [6.45, 7) is 1.94. The lowest BCUT2D eigenvalue weighted by molar-refractivity contribution is 1.12. The van der Waals surface area contributed by atoms with E-state index in [1.165, 1.54) is 12.4 Å². The molecule has 0 atom stereocenters. The van der Waals surface area contributed by atoms with Crippen molar-refractivity contribution in [1.29, 1.82) is 0 Å². The molecular weight excluding hydrogens is 178 g/mol. The van der Waals surface area contributed by atoms with E-state index in [0.717, 1.165) is 11.1 Å². The molecule has 0 unspecified atom stereocenters. The fraction of sp³-hybridized carbons (Fsp3) is 0.100. The Bertz CT molecular complexity index is 504. The molecule has 0 bridgehead atoms. The molecule has 2 aromatic rings. The molecule has 0 aliphatic carbocycles. The number of nitrogens with one attached hydrogen (secondary N) is 1. The van der Waals surface area contributed by atoms with Crippen LogP contribution in [0.15, 0.2) is 35.6 Å². The zero-order valence-corrected chi connectivity index (χ0v) is 7.69. The Hall–Kier alpha value is -1.97. The van der Waals surface area contributed by atoms with Crippen molar-refractivity contribution in [2.45, 2.75) is 6.92 Å². The molecule has 4 heteroatoms. The van der Waals surface area contributed by atoms with Crippen molar-refractivity contribution in [3.05, 3.63) is 46.8 Å². The lowest BCUT2D eigenvalue weighted by atomic mass is 10.1. The van der Waals surface area contributed by atoms with Gasteiger partial charge in [0.15, 0.2) is 0 Å². The molecule has 4 nitrogen and oxygen atoms in total. The van der Waals surface area contributed by atoms with Gasteiger partial charge in [-0.05, 0) is 18.6 Å². The van der Waals surface area contributed by atoms with Gasteiger partial charge in [-0.1, -0.05) is 0 Å². The molecule has 2 heterocycles. The lowest BCUT2D eigenvalue weighted by Crippen LogP contribution is -2.04. The molecule has 1 N–H and O–H groups in total. The van der Waals surface area contributed by atoms with Gasteiger partial charge >= 0.3 is 0 Å². The van der Waals surface area contributed by atoms with Crippen LogP contribution in [0.2, 0.25) is 0 Å². The normalized spacial score (nSPS) is 10.1. The average Bonchev–Trinajstić information content (AvgIpc) is 2.18. The highest BCUT2D eigenvalue weighted by molar-refractivity contribution is 5.61. The summed E-state index contributed by atoms with van der Waals surface area (Å²) in [5.74, 6) is 0. The van der Waals surface area contributed by atoms with Gasteiger partial charge in [-0.3, -0.25) is 9.78 Å². The van der Waals surface area contributed by atoms with E-state index in [2.05, 4.69) is 15.0 Å². The molecule has 0 aliphatic rings. The maximum Gasteiger partial charge on any atom is 0.251 e. The smallest absolute Gasteiger partial charge is 0.251 e. The third kappa shape index (κ3) is 1.54. The fourth-order valence-corrected chi connectivity index (χ4v) is 1.28. The molecule has 0 fully saturated rings. The fourth-order valence-electron chi connectivity index (χ4n) is 1.28. The van der Waals surface area contributed by atoms with Crippen LogP contribution >= 0.6 is 0 Å². The minimum Gasteiger partial charge on any atom is -0.313 e. The Morgan fingerprint density at radius 3 is 3.00 bits per heavy atom. The van der Waals surface area contributed by atoms with Gasteiger partial charge in [-0.25, -0.2) is 4.98 Å². The van der Waals surface area contributed by atoms with Crippen molar-refractivity contribution >= 4 is 0 Å². The van der Waals surface area contributed by atoms with Gasteiger partial charge in [0, 0.05) is 24.0 Å². The third-order valence-corrected chi connectivity index (χ3v) is 1.97. The maximum absolute atomic E-state index is 11.1. The van der Waals surface area contributed by atoms with Gasteiger partial charge in [0.1, 0.15) is 0 Å². The van der Waals surface area contributed by atoms with Crippen LogP contribution in [0.3, 0.4) is 0 Å². The number of aromatic nitrogens is 3. The van der Waals surface area contributed by atoms with Crippen molar-refractivity contribution in [1.82, 2.24) is 15.0 Å². The lowest BCUT2D eigenvalue weighted by Gasteiger charge is -2.02. The molecule has 0 radical (unpaired) electrons. The van der Waals surface area contributed by atoms with Crippen molar-refractivity contribution in [3.63, 3.8) is 0 Å². The first-order valence-corrected chi connectivity index (χ1v) is 4.23. The number of nitrogens with zero attached hydrogens (tertiary/aromatic N) is 2. The second-order valence-corrected chi connectivity index (χ2v) is 2.99. The Morgan fingerprint density at radius 1 is 1.43 bits per heavy atom. The highest BCUT2D eigenvalue weighted by Gasteiger charge is 2.02. The highest BCUT2D eigenvalue weighted by Crippen LogP contribution is 2.17. The summed E-state index contributed by atoms with van der Waals surface area (Å²) in [5, 5.41) is 0. The van der Waals surface area contributed by atoms with Crippen molar-refractivity contribution in [2.24, 2.45) is 0 Å². The van der Waals surface area contributed by atoms with Crippen LogP contribution in [0.25, 0.3) is 11.3 Å². The number of hydrogen-bond donors (Lipinski definition) is 1. The first kappa shape index (κ1) is 8.62. The minimum atomic E-state index is -0.147. The SMILES string of the molecule is Cc1cnccc1-c1cc(=O)[nH]cn1. The first-order valence-electron chi connectivity index (χ1n) is 4.23. The Kier molecular flexibility index (Phi) is 2.10. The van der Waals surface area contributed by atoms with E-state index in [9.17, 15) is 4.79 Å². The number of pyridine rings is 1. The first-order chi connectivity index (χ1) is 6.77.